The predicted octanol–water partition coefficient (Wildman–Crippen LogP) is 3.04. The SMILES string of the molecule is CC1(C(F)(F)c2ccc(C(N)=O)cc2)SC(NC2CC3CCC2C3)=NC1=O. The number of primary amides is 1. The summed E-state index contributed by atoms with van der Waals surface area (Å²) in [6.45, 7) is 1.22. The number of aliphatic imine (C=N–C) groups is 1. The second kappa shape index (κ2) is 6.29. The molecule has 0 spiro atoms. The average molecular weight is 393 g/mol. The highest BCUT2D eigenvalue weighted by atomic mass is 32.2. The lowest BCUT2D eigenvalue weighted by atomic mass is 9.93. The van der Waals surface area contributed by atoms with E-state index in [0.29, 0.717) is 11.8 Å². The molecule has 3 aliphatic rings. The van der Waals surface area contributed by atoms with Crippen molar-refractivity contribution in [3.8, 4) is 0 Å². The summed E-state index contributed by atoms with van der Waals surface area (Å²) in [6.07, 6.45) is 4.57. The molecule has 2 bridgehead atoms. The van der Waals surface area contributed by atoms with Gasteiger partial charge < -0.3 is 11.1 Å². The van der Waals surface area contributed by atoms with E-state index >= 15 is 8.78 Å². The van der Waals surface area contributed by atoms with Gasteiger partial charge in [0.25, 0.3) is 11.8 Å². The van der Waals surface area contributed by atoms with E-state index in [2.05, 4.69) is 10.3 Å². The molecule has 1 aromatic carbocycles. The standard InChI is InChI=1S/C19H21F2N3O2S/c1-18(19(20,21)13-6-4-11(5-7-13)15(22)25)16(26)24-17(27-18)23-14-9-10-2-3-12(14)8-10/h4-7,10,12,14H,2-3,8-9H2,1H3,(H2,22,25)(H,23,24,26). The maximum absolute atomic E-state index is 15.2. The summed E-state index contributed by atoms with van der Waals surface area (Å²) in [7, 11) is 0. The first kappa shape index (κ1) is 18.4. The number of nitrogens with two attached hydrogens (primary N) is 1. The van der Waals surface area contributed by atoms with E-state index in [9.17, 15) is 9.59 Å². The van der Waals surface area contributed by atoms with Gasteiger partial charge in [-0.3, -0.25) is 9.59 Å². The molecule has 4 atom stereocenters. The molecule has 0 aromatic heterocycles. The summed E-state index contributed by atoms with van der Waals surface area (Å²) in [5.41, 5.74) is 4.95. The normalized spacial score (nSPS) is 32.6. The lowest BCUT2D eigenvalue weighted by molar-refractivity contribution is -0.130. The molecule has 4 rings (SSSR count). The van der Waals surface area contributed by atoms with E-state index in [1.165, 1.54) is 31.9 Å². The molecule has 2 fully saturated rings. The summed E-state index contributed by atoms with van der Waals surface area (Å²) in [5, 5.41) is 3.53. The van der Waals surface area contributed by atoms with Gasteiger partial charge in [-0.1, -0.05) is 30.3 Å². The van der Waals surface area contributed by atoms with Crippen LogP contribution >= 0.6 is 11.8 Å². The molecule has 3 N–H and O–H groups in total. The lowest BCUT2D eigenvalue weighted by Gasteiger charge is -2.31. The number of hydrogen-bond donors (Lipinski definition) is 2. The Hall–Kier alpha value is -1.96. The van der Waals surface area contributed by atoms with Crippen molar-refractivity contribution in [3.63, 3.8) is 0 Å². The van der Waals surface area contributed by atoms with Gasteiger partial charge >= 0.3 is 0 Å². The molecule has 1 aromatic rings. The molecule has 8 heteroatoms. The maximum atomic E-state index is 15.2. The van der Waals surface area contributed by atoms with Gasteiger partial charge in [-0.05, 0) is 50.2 Å². The number of amidine groups is 1. The smallest absolute Gasteiger partial charge is 0.296 e. The minimum absolute atomic E-state index is 0.139. The van der Waals surface area contributed by atoms with Crippen molar-refractivity contribution < 1.29 is 18.4 Å². The monoisotopic (exact) mass is 393 g/mol. The van der Waals surface area contributed by atoms with Crippen molar-refractivity contribution in [2.45, 2.75) is 49.3 Å². The van der Waals surface area contributed by atoms with Crippen LogP contribution in [0.1, 0.15) is 48.5 Å². The number of rotatable bonds is 4. The van der Waals surface area contributed by atoms with E-state index in [0.717, 1.165) is 36.7 Å². The van der Waals surface area contributed by atoms with Crippen molar-refractivity contribution >= 4 is 28.7 Å². The molecule has 27 heavy (non-hydrogen) atoms. The predicted molar refractivity (Wildman–Crippen MR) is 99.7 cm³/mol. The van der Waals surface area contributed by atoms with Crippen molar-refractivity contribution in [3.05, 3.63) is 35.4 Å². The van der Waals surface area contributed by atoms with Crippen LogP contribution in [0, 0.1) is 11.8 Å². The molecular formula is C19H21F2N3O2S. The van der Waals surface area contributed by atoms with Gasteiger partial charge in [0, 0.05) is 17.2 Å². The number of carbonyl (C=O) groups excluding carboxylic acids is 2. The van der Waals surface area contributed by atoms with Crippen molar-refractivity contribution in [1.82, 2.24) is 5.32 Å². The zero-order valence-corrected chi connectivity index (χ0v) is 15.7. The van der Waals surface area contributed by atoms with E-state index in [4.69, 9.17) is 5.73 Å². The number of amides is 2. The van der Waals surface area contributed by atoms with Crippen LogP contribution < -0.4 is 11.1 Å². The lowest BCUT2D eigenvalue weighted by Crippen LogP contribution is -2.45. The molecule has 5 nitrogen and oxygen atoms in total. The minimum atomic E-state index is -3.45. The highest BCUT2D eigenvalue weighted by Gasteiger charge is 2.61. The van der Waals surface area contributed by atoms with Gasteiger partial charge in [-0.2, -0.15) is 13.8 Å². The Bertz CT molecular complexity index is 827. The van der Waals surface area contributed by atoms with Gasteiger partial charge in [-0.15, -0.1) is 0 Å². The highest BCUT2D eigenvalue weighted by molar-refractivity contribution is 8.16. The van der Waals surface area contributed by atoms with Crippen LogP contribution in [-0.4, -0.2) is 27.8 Å². The third kappa shape index (κ3) is 2.94. The van der Waals surface area contributed by atoms with Gasteiger partial charge in [0.15, 0.2) is 9.91 Å². The third-order valence-corrected chi connectivity index (χ3v) is 7.33. The first-order valence-electron chi connectivity index (χ1n) is 9.07. The zero-order chi connectivity index (χ0) is 19.4. The maximum Gasteiger partial charge on any atom is 0.296 e. The number of halogens is 2. The van der Waals surface area contributed by atoms with Crippen LogP contribution in [-0.2, 0) is 10.7 Å². The number of alkyl halides is 2. The van der Waals surface area contributed by atoms with Crippen molar-refractivity contribution in [2.75, 3.05) is 0 Å². The topological polar surface area (TPSA) is 84.6 Å². The van der Waals surface area contributed by atoms with E-state index in [1.807, 2.05) is 0 Å². The van der Waals surface area contributed by atoms with E-state index < -0.39 is 22.5 Å². The second-order valence-corrected chi connectivity index (χ2v) is 9.21. The van der Waals surface area contributed by atoms with Gasteiger partial charge in [-0.25, -0.2) is 0 Å². The molecule has 2 aliphatic carbocycles. The van der Waals surface area contributed by atoms with Crippen molar-refractivity contribution in [1.29, 1.82) is 0 Å². The Balaban J connectivity index is 1.52. The van der Waals surface area contributed by atoms with Crippen LogP contribution in [0.4, 0.5) is 8.78 Å². The van der Waals surface area contributed by atoms with Crippen molar-refractivity contribution in [2.24, 2.45) is 22.6 Å². The molecule has 0 radical (unpaired) electrons. The molecule has 1 heterocycles. The van der Waals surface area contributed by atoms with Gasteiger partial charge in [0.05, 0.1) is 0 Å². The molecule has 4 unspecified atom stereocenters. The van der Waals surface area contributed by atoms with Crippen LogP contribution in [0.5, 0.6) is 0 Å². The fraction of sp³-hybridized carbons (Fsp3) is 0.526. The first-order valence-corrected chi connectivity index (χ1v) is 9.89. The average Bonchev–Trinajstić information content (AvgIpc) is 3.31. The number of thioether (sulfide) groups is 1. The van der Waals surface area contributed by atoms with E-state index in [1.54, 1.807) is 0 Å². The van der Waals surface area contributed by atoms with E-state index in [-0.39, 0.29) is 22.3 Å². The molecule has 1 aliphatic heterocycles. The summed E-state index contributed by atoms with van der Waals surface area (Å²) < 4.78 is 28.4. The van der Waals surface area contributed by atoms with Gasteiger partial charge in [0.1, 0.15) is 0 Å². The Kier molecular flexibility index (Phi) is 4.29. The molecule has 2 amide bonds. The first-order chi connectivity index (χ1) is 12.7. The quantitative estimate of drug-likeness (QED) is 0.824. The molecule has 2 saturated carbocycles. The number of nitrogens with one attached hydrogen (secondary N) is 1. The Morgan fingerprint density at radius 1 is 1.30 bits per heavy atom. The van der Waals surface area contributed by atoms with Crippen LogP contribution in [0.15, 0.2) is 29.3 Å². The fourth-order valence-electron chi connectivity index (χ4n) is 4.42. The summed E-state index contributed by atoms with van der Waals surface area (Å²) in [6, 6.07) is 4.98. The molecule has 0 saturated heterocycles. The molecular weight excluding hydrogens is 372 g/mol. The Morgan fingerprint density at radius 3 is 2.56 bits per heavy atom. The molecule has 144 valence electrons. The number of carbonyl (C=O) groups is 2. The minimum Gasteiger partial charge on any atom is -0.366 e. The number of fused-ring (bicyclic) bond motifs is 2. The van der Waals surface area contributed by atoms with Crippen LogP contribution in [0.2, 0.25) is 0 Å². The van der Waals surface area contributed by atoms with Crippen LogP contribution in [0.3, 0.4) is 0 Å². The highest BCUT2D eigenvalue weighted by Crippen LogP contribution is 2.51. The Morgan fingerprint density at radius 2 is 2.00 bits per heavy atom. The fourth-order valence-corrected chi connectivity index (χ4v) is 5.52. The summed E-state index contributed by atoms with van der Waals surface area (Å²) in [4.78, 5) is 27.5. The Labute approximate surface area is 160 Å². The van der Waals surface area contributed by atoms with Crippen LogP contribution in [0.25, 0.3) is 0 Å². The zero-order valence-electron chi connectivity index (χ0n) is 14.9. The largest absolute Gasteiger partial charge is 0.366 e. The summed E-state index contributed by atoms with van der Waals surface area (Å²) >= 11 is 0.795. The third-order valence-electron chi connectivity index (χ3n) is 6.09. The summed E-state index contributed by atoms with van der Waals surface area (Å²) in [5.74, 6) is -3.74. The number of benzene rings is 1. The number of nitrogens with zero attached hydrogens (tertiary/aromatic N) is 1. The second-order valence-electron chi connectivity index (χ2n) is 7.80. The number of hydrogen-bond acceptors (Lipinski definition) is 4. The van der Waals surface area contributed by atoms with Gasteiger partial charge in [0.2, 0.25) is 5.91 Å².